The molecule has 10 heteroatoms. The lowest BCUT2D eigenvalue weighted by Crippen LogP contribution is -2.23. The molecule has 9 nitrogen and oxygen atoms in total. The van der Waals surface area contributed by atoms with Gasteiger partial charge in [0.05, 0.1) is 39.3 Å². The molecule has 5 rings (SSSR count). The molecule has 0 fully saturated rings. The molecule has 0 aliphatic carbocycles. The van der Waals surface area contributed by atoms with Crippen LogP contribution < -0.4 is 15.6 Å². The summed E-state index contributed by atoms with van der Waals surface area (Å²) in [6, 6.07) is 10.9. The Morgan fingerprint density at radius 2 is 1.93 bits per heavy atom. The maximum Gasteiger partial charge on any atom is 0.274 e. The number of hydrogen-bond acceptors (Lipinski definition) is 7. The van der Waals surface area contributed by atoms with Crippen molar-refractivity contribution in [1.29, 1.82) is 0 Å². The van der Waals surface area contributed by atoms with E-state index < -0.39 is 9.84 Å². The van der Waals surface area contributed by atoms with Crippen molar-refractivity contribution in [3.05, 3.63) is 70.9 Å². The number of benzene rings is 2. The zero-order valence-corrected chi connectivity index (χ0v) is 16.5. The monoisotopic (exact) mass is 423 g/mol. The Kier molecular flexibility index (Phi) is 4.28. The Morgan fingerprint density at radius 3 is 2.77 bits per heavy atom. The normalized spacial score (nSPS) is 13.5. The van der Waals surface area contributed by atoms with Crippen molar-refractivity contribution in [1.82, 2.24) is 20.0 Å². The molecule has 30 heavy (non-hydrogen) atoms. The van der Waals surface area contributed by atoms with E-state index in [9.17, 15) is 13.2 Å². The minimum Gasteiger partial charge on any atom is -0.490 e. The zero-order chi connectivity index (χ0) is 20.7. The fraction of sp³-hybridized carbons (Fsp3) is 0.150. The molecule has 2 aromatic heterocycles. The smallest absolute Gasteiger partial charge is 0.274 e. The highest BCUT2D eigenvalue weighted by molar-refractivity contribution is 7.91. The van der Waals surface area contributed by atoms with Crippen LogP contribution in [0.15, 0.2) is 69.4 Å². The highest BCUT2D eigenvalue weighted by Gasteiger charge is 2.21. The maximum absolute atomic E-state index is 13.1. The Bertz CT molecular complexity index is 1410. The number of nitrogens with one attached hydrogen (secondary N) is 2. The highest BCUT2D eigenvalue weighted by atomic mass is 32.2. The molecule has 0 unspecified atom stereocenters. The van der Waals surface area contributed by atoms with Gasteiger partial charge in [-0.15, -0.1) is 0 Å². The van der Waals surface area contributed by atoms with Gasteiger partial charge in [0, 0.05) is 18.1 Å². The first-order chi connectivity index (χ1) is 14.5. The summed E-state index contributed by atoms with van der Waals surface area (Å²) in [7, 11) is -3.77. The Balaban J connectivity index is 1.54. The first kappa shape index (κ1) is 18.4. The van der Waals surface area contributed by atoms with Crippen LogP contribution in [0.2, 0.25) is 0 Å². The van der Waals surface area contributed by atoms with E-state index in [1.165, 1.54) is 35.1 Å². The minimum atomic E-state index is -3.77. The summed E-state index contributed by atoms with van der Waals surface area (Å²) in [4.78, 5) is 13.0. The minimum absolute atomic E-state index is 0.0953. The van der Waals surface area contributed by atoms with E-state index in [4.69, 9.17) is 4.74 Å². The number of H-pyrrole nitrogens is 1. The summed E-state index contributed by atoms with van der Waals surface area (Å²) < 4.78 is 33.1. The summed E-state index contributed by atoms with van der Waals surface area (Å²) in [6.45, 7) is 1.37. The third-order valence-corrected chi connectivity index (χ3v) is 6.69. The fourth-order valence-corrected chi connectivity index (χ4v) is 4.72. The van der Waals surface area contributed by atoms with Crippen molar-refractivity contribution in [2.45, 2.75) is 16.3 Å². The number of fused-ring (bicyclic) bond motifs is 2. The van der Waals surface area contributed by atoms with E-state index >= 15 is 0 Å². The molecule has 0 amide bonds. The van der Waals surface area contributed by atoms with Crippen molar-refractivity contribution < 1.29 is 13.2 Å². The van der Waals surface area contributed by atoms with E-state index in [1.54, 1.807) is 24.4 Å². The molecule has 0 saturated heterocycles. The number of aromatic nitrogens is 4. The summed E-state index contributed by atoms with van der Waals surface area (Å²) in [5.74, 6) is 0.625. The van der Waals surface area contributed by atoms with E-state index in [0.717, 1.165) is 0 Å². The van der Waals surface area contributed by atoms with Crippen LogP contribution in [0.25, 0.3) is 10.8 Å². The number of nitrogens with zero attached hydrogens (tertiary/aromatic N) is 3. The number of aromatic amines is 1. The molecule has 3 heterocycles. The Hall–Kier alpha value is -3.66. The SMILES string of the molecule is O=c1c2ccc(S(=O)(=O)c3ccc4c(c3)NCCO4)cc2cnn1Cc1cc[nH]n1. The number of rotatable bonds is 4. The molecule has 1 aliphatic rings. The van der Waals surface area contributed by atoms with Crippen LogP contribution in [0.1, 0.15) is 5.69 Å². The van der Waals surface area contributed by atoms with Gasteiger partial charge in [0.1, 0.15) is 12.4 Å². The quantitative estimate of drug-likeness (QED) is 0.514. The predicted molar refractivity (Wildman–Crippen MR) is 110 cm³/mol. The molecule has 1 aliphatic heterocycles. The number of anilines is 1. The van der Waals surface area contributed by atoms with Crippen molar-refractivity contribution in [2.24, 2.45) is 0 Å². The average Bonchev–Trinajstić information content (AvgIpc) is 3.28. The second kappa shape index (κ2) is 6.99. The van der Waals surface area contributed by atoms with Gasteiger partial charge in [0.25, 0.3) is 5.56 Å². The molecule has 0 radical (unpaired) electrons. The maximum atomic E-state index is 13.1. The van der Waals surface area contributed by atoms with Gasteiger partial charge in [0.15, 0.2) is 0 Å². The topological polar surface area (TPSA) is 119 Å². The van der Waals surface area contributed by atoms with Crippen LogP contribution in [-0.2, 0) is 16.4 Å². The average molecular weight is 423 g/mol. The Labute approximate surface area is 171 Å². The standard InChI is InChI=1S/C20H17N5O4S/c26-20-17-3-1-15(9-13(17)11-23-25(20)12-14-5-6-22-24-14)30(27,28)16-2-4-19-18(10-16)21-7-8-29-19/h1-6,9-11,21H,7-8,12H2,(H,22,24). The molecular weight excluding hydrogens is 406 g/mol. The molecule has 0 bridgehead atoms. The number of ether oxygens (including phenoxy) is 1. The van der Waals surface area contributed by atoms with Crippen molar-refractivity contribution >= 4 is 26.3 Å². The van der Waals surface area contributed by atoms with Crippen molar-refractivity contribution in [2.75, 3.05) is 18.5 Å². The van der Waals surface area contributed by atoms with Gasteiger partial charge < -0.3 is 10.1 Å². The van der Waals surface area contributed by atoms with E-state index in [1.807, 2.05) is 0 Å². The molecule has 0 atom stereocenters. The lowest BCUT2D eigenvalue weighted by atomic mass is 10.2. The van der Waals surface area contributed by atoms with Gasteiger partial charge in [0.2, 0.25) is 9.84 Å². The van der Waals surface area contributed by atoms with Crippen LogP contribution in [0, 0.1) is 0 Å². The van der Waals surface area contributed by atoms with Crippen molar-refractivity contribution in [3.8, 4) is 5.75 Å². The molecule has 152 valence electrons. The van der Waals surface area contributed by atoms with Gasteiger partial charge in [-0.3, -0.25) is 9.89 Å². The van der Waals surface area contributed by atoms with E-state index in [2.05, 4.69) is 20.6 Å². The van der Waals surface area contributed by atoms with Crippen LogP contribution in [0.4, 0.5) is 5.69 Å². The summed E-state index contributed by atoms with van der Waals surface area (Å²) in [5, 5.41) is 14.9. The molecule has 0 spiro atoms. The van der Waals surface area contributed by atoms with E-state index in [0.29, 0.717) is 41.1 Å². The summed E-state index contributed by atoms with van der Waals surface area (Å²) in [5.41, 5.74) is 1.01. The first-order valence-electron chi connectivity index (χ1n) is 9.27. The van der Waals surface area contributed by atoms with Gasteiger partial charge in [-0.2, -0.15) is 10.2 Å². The highest BCUT2D eigenvalue weighted by Crippen LogP contribution is 2.32. The lowest BCUT2D eigenvalue weighted by molar-refractivity contribution is 0.323. The van der Waals surface area contributed by atoms with Gasteiger partial charge in [-0.1, -0.05) is 0 Å². The van der Waals surface area contributed by atoms with Crippen LogP contribution in [-0.4, -0.2) is 41.5 Å². The van der Waals surface area contributed by atoms with Crippen LogP contribution in [0.3, 0.4) is 0 Å². The first-order valence-corrected chi connectivity index (χ1v) is 10.7. The van der Waals surface area contributed by atoms with Gasteiger partial charge in [-0.25, -0.2) is 13.1 Å². The third kappa shape index (κ3) is 3.11. The fourth-order valence-electron chi connectivity index (χ4n) is 3.40. The second-order valence-electron chi connectivity index (χ2n) is 6.86. The van der Waals surface area contributed by atoms with Gasteiger partial charge in [-0.05, 0) is 42.5 Å². The van der Waals surface area contributed by atoms with Crippen molar-refractivity contribution in [3.63, 3.8) is 0 Å². The third-order valence-electron chi connectivity index (χ3n) is 4.94. The summed E-state index contributed by atoms with van der Waals surface area (Å²) in [6.07, 6.45) is 3.16. The van der Waals surface area contributed by atoms with Gasteiger partial charge >= 0.3 is 0 Å². The molecular formula is C20H17N5O4S. The Morgan fingerprint density at radius 1 is 1.10 bits per heavy atom. The zero-order valence-electron chi connectivity index (χ0n) is 15.7. The summed E-state index contributed by atoms with van der Waals surface area (Å²) >= 11 is 0. The lowest BCUT2D eigenvalue weighted by Gasteiger charge is -2.19. The molecule has 0 saturated carbocycles. The molecule has 2 aromatic carbocycles. The number of hydrogen-bond donors (Lipinski definition) is 2. The predicted octanol–water partition coefficient (Wildman–Crippen LogP) is 1.80. The van der Waals surface area contributed by atoms with Crippen LogP contribution in [0.5, 0.6) is 5.75 Å². The van der Waals surface area contributed by atoms with E-state index in [-0.39, 0.29) is 21.9 Å². The second-order valence-corrected chi connectivity index (χ2v) is 8.81. The largest absolute Gasteiger partial charge is 0.490 e. The molecule has 2 N–H and O–H groups in total. The molecule has 4 aromatic rings. The number of sulfone groups is 1. The van der Waals surface area contributed by atoms with Crippen LogP contribution >= 0.6 is 0 Å².